The van der Waals surface area contributed by atoms with E-state index in [1.807, 2.05) is 0 Å². The van der Waals surface area contributed by atoms with Crippen LogP contribution in [0.1, 0.15) is 20.3 Å². The van der Waals surface area contributed by atoms with Crippen molar-refractivity contribution in [2.24, 2.45) is 5.92 Å². The van der Waals surface area contributed by atoms with Gasteiger partial charge >= 0.3 is 5.97 Å². The molecule has 0 aromatic rings. The van der Waals surface area contributed by atoms with Crippen LogP contribution in [0.4, 0.5) is 0 Å². The van der Waals surface area contributed by atoms with Gasteiger partial charge in [-0.05, 0) is 18.9 Å². The van der Waals surface area contributed by atoms with Crippen molar-refractivity contribution >= 4 is 5.97 Å². The summed E-state index contributed by atoms with van der Waals surface area (Å²) in [6.45, 7) is 7.61. The number of esters is 1. The quantitative estimate of drug-likeness (QED) is 0.433. The highest BCUT2D eigenvalue weighted by Gasteiger charge is 2.00. The predicted octanol–water partition coefficient (Wildman–Crippen LogP) is 0.828. The zero-order chi connectivity index (χ0) is 12.9. The molecule has 0 fully saturated rings. The number of nitrogens with one attached hydrogen (secondary N) is 1. The van der Waals surface area contributed by atoms with Gasteiger partial charge in [0.1, 0.15) is 13.2 Å². The van der Waals surface area contributed by atoms with Gasteiger partial charge < -0.3 is 19.5 Å². The van der Waals surface area contributed by atoms with Gasteiger partial charge in [-0.1, -0.05) is 13.8 Å². The third-order valence-corrected chi connectivity index (χ3v) is 2.07. The number of rotatable bonds is 11. The Bertz CT molecular complexity index is 185. The molecule has 0 amide bonds. The lowest BCUT2D eigenvalue weighted by Crippen LogP contribution is -2.23. The van der Waals surface area contributed by atoms with E-state index in [2.05, 4.69) is 23.9 Å². The Kier molecular flexibility index (Phi) is 11.4. The molecule has 1 N–H and O–H groups in total. The number of hydrogen-bond acceptors (Lipinski definition) is 5. The second-order valence-corrected chi connectivity index (χ2v) is 4.20. The van der Waals surface area contributed by atoms with Crippen LogP contribution in [-0.2, 0) is 19.0 Å². The van der Waals surface area contributed by atoms with Crippen molar-refractivity contribution in [3.63, 3.8) is 0 Å². The topological polar surface area (TPSA) is 56.8 Å². The van der Waals surface area contributed by atoms with Crippen LogP contribution in [0.3, 0.4) is 0 Å². The van der Waals surface area contributed by atoms with Crippen LogP contribution < -0.4 is 5.32 Å². The molecule has 0 aliphatic heterocycles. The lowest BCUT2D eigenvalue weighted by atomic mass is 10.1. The Hall–Kier alpha value is -0.650. The van der Waals surface area contributed by atoms with E-state index < -0.39 is 0 Å². The van der Waals surface area contributed by atoms with Crippen molar-refractivity contribution in [1.82, 2.24) is 5.32 Å². The minimum absolute atomic E-state index is 0.00322. The minimum atomic E-state index is -0.355. The third kappa shape index (κ3) is 13.3. The number of carbonyl (C=O) groups excluding carboxylic acids is 1. The number of hydrogen-bond donors (Lipinski definition) is 1. The van der Waals surface area contributed by atoms with Gasteiger partial charge in [0.2, 0.25) is 0 Å². The van der Waals surface area contributed by atoms with Gasteiger partial charge in [0.25, 0.3) is 0 Å². The van der Waals surface area contributed by atoms with Crippen molar-refractivity contribution in [3.05, 3.63) is 0 Å². The molecule has 0 rings (SSSR count). The van der Waals surface area contributed by atoms with E-state index in [0.717, 1.165) is 19.0 Å². The summed E-state index contributed by atoms with van der Waals surface area (Å²) in [6.07, 6.45) is 1.18. The van der Waals surface area contributed by atoms with Crippen LogP contribution in [-0.4, -0.2) is 52.6 Å². The summed E-state index contributed by atoms with van der Waals surface area (Å²) in [6, 6.07) is 0. The molecular weight excluding hydrogens is 222 g/mol. The molecule has 0 atom stereocenters. The van der Waals surface area contributed by atoms with E-state index in [-0.39, 0.29) is 19.2 Å². The van der Waals surface area contributed by atoms with Crippen molar-refractivity contribution in [2.45, 2.75) is 20.3 Å². The van der Waals surface area contributed by atoms with Crippen molar-refractivity contribution in [3.8, 4) is 0 Å². The molecule has 0 unspecified atom stereocenters. The molecule has 0 radical (unpaired) electrons. The second-order valence-electron chi connectivity index (χ2n) is 4.20. The number of methoxy groups -OCH3 is 1. The summed E-state index contributed by atoms with van der Waals surface area (Å²) in [4.78, 5) is 10.9. The average molecular weight is 247 g/mol. The summed E-state index contributed by atoms with van der Waals surface area (Å²) in [7, 11) is 1.46. The largest absolute Gasteiger partial charge is 0.462 e. The van der Waals surface area contributed by atoms with E-state index in [1.165, 1.54) is 13.5 Å². The number of carbonyl (C=O) groups is 1. The van der Waals surface area contributed by atoms with Crippen LogP contribution in [0, 0.1) is 5.92 Å². The van der Waals surface area contributed by atoms with E-state index in [9.17, 15) is 4.79 Å². The smallest absolute Gasteiger partial charge is 0.332 e. The van der Waals surface area contributed by atoms with Crippen LogP contribution in [0.2, 0.25) is 0 Å². The van der Waals surface area contributed by atoms with Gasteiger partial charge in [-0.15, -0.1) is 0 Å². The molecular formula is C12H25NO4. The Labute approximate surface area is 104 Å². The van der Waals surface area contributed by atoms with Crippen molar-refractivity contribution < 1.29 is 19.0 Å². The third-order valence-electron chi connectivity index (χ3n) is 2.07. The van der Waals surface area contributed by atoms with Gasteiger partial charge in [-0.3, -0.25) is 0 Å². The van der Waals surface area contributed by atoms with E-state index >= 15 is 0 Å². The molecule has 5 nitrogen and oxygen atoms in total. The molecule has 102 valence electrons. The molecule has 0 saturated heterocycles. The van der Waals surface area contributed by atoms with E-state index in [4.69, 9.17) is 9.47 Å². The lowest BCUT2D eigenvalue weighted by Gasteiger charge is -2.08. The maximum Gasteiger partial charge on any atom is 0.332 e. The predicted molar refractivity (Wildman–Crippen MR) is 66.0 cm³/mol. The second kappa shape index (κ2) is 11.8. The first kappa shape index (κ1) is 16.4. The fraction of sp³-hybridized carbons (Fsp3) is 0.917. The molecule has 0 aliphatic carbocycles. The summed E-state index contributed by atoms with van der Waals surface area (Å²) >= 11 is 0. The summed E-state index contributed by atoms with van der Waals surface area (Å²) in [5.41, 5.74) is 0. The van der Waals surface area contributed by atoms with Gasteiger partial charge in [0.05, 0.1) is 13.2 Å². The number of ether oxygens (including phenoxy) is 3. The molecule has 17 heavy (non-hydrogen) atoms. The molecule has 0 aliphatic rings. The highest BCUT2D eigenvalue weighted by Crippen LogP contribution is 1.95. The highest BCUT2D eigenvalue weighted by molar-refractivity contribution is 5.70. The summed E-state index contributed by atoms with van der Waals surface area (Å²) in [5.74, 6) is 0.370. The summed E-state index contributed by atoms with van der Waals surface area (Å²) < 4.78 is 14.7. The van der Waals surface area contributed by atoms with Gasteiger partial charge in [0.15, 0.2) is 0 Å². The minimum Gasteiger partial charge on any atom is -0.462 e. The normalized spacial score (nSPS) is 10.8. The molecule has 0 spiro atoms. The van der Waals surface area contributed by atoms with Crippen molar-refractivity contribution in [1.29, 1.82) is 0 Å². The van der Waals surface area contributed by atoms with Gasteiger partial charge in [0, 0.05) is 13.7 Å². The SMILES string of the molecule is COCC(=O)OCCOCCNCCC(C)C. The van der Waals surface area contributed by atoms with Crippen LogP contribution in [0.25, 0.3) is 0 Å². The van der Waals surface area contributed by atoms with Crippen LogP contribution in [0.5, 0.6) is 0 Å². The Morgan fingerprint density at radius 1 is 1.18 bits per heavy atom. The van der Waals surface area contributed by atoms with E-state index in [0.29, 0.717) is 13.2 Å². The molecule has 0 bridgehead atoms. The fourth-order valence-electron chi connectivity index (χ4n) is 1.14. The zero-order valence-corrected chi connectivity index (χ0v) is 11.2. The molecule has 0 aromatic heterocycles. The molecule has 0 aromatic carbocycles. The fourth-order valence-corrected chi connectivity index (χ4v) is 1.14. The first-order chi connectivity index (χ1) is 8.16. The highest BCUT2D eigenvalue weighted by atomic mass is 16.6. The van der Waals surface area contributed by atoms with Crippen LogP contribution in [0.15, 0.2) is 0 Å². The molecule has 0 saturated carbocycles. The zero-order valence-electron chi connectivity index (χ0n) is 11.2. The van der Waals surface area contributed by atoms with Gasteiger partial charge in [-0.25, -0.2) is 4.79 Å². The molecule has 0 heterocycles. The summed E-state index contributed by atoms with van der Waals surface area (Å²) in [5, 5.41) is 3.28. The van der Waals surface area contributed by atoms with E-state index in [1.54, 1.807) is 0 Å². The van der Waals surface area contributed by atoms with Crippen LogP contribution >= 0.6 is 0 Å². The standard InChI is InChI=1S/C12H25NO4/c1-11(2)4-5-13-6-7-16-8-9-17-12(14)10-15-3/h11,13H,4-10H2,1-3H3. The first-order valence-corrected chi connectivity index (χ1v) is 6.09. The Morgan fingerprint density at radius 2 is 1.94 bits per heavy atom. The van der Waals surface area contributed by atoms with Gasteiger partial charge in [-0.2, -0.15) is 0 Å². The maximum atomic E-state index is 10.9. The average Bonchev–Trinajstić information content (AvgIpc) is 2.27. The maximum absolute atomic E-state index is 10.9. The first-order valence-electron chi connectivity index (χ1n) is 6.09. The Morgan fingerprint density at radius 3 is 2.59 bits per heavy atom. The monoisotopic (exact) mass is 247 g/mol. The molecule has 5 heteroatoms. The lowest BCUT2D eigenvalue weighted by molar-refractivity contribution is -0.149. The Balaban J connectivity index is 3.06. The van der Waals surface area contributed by atoms with Crippen molar-refractivity contribution in [2.75, 3.05) is 46.6 Å².